The lowest BCUT2D eigenvalue weighted by molar-refractivity contribution is 0.273. The number of aromatic nitrogens is 2. The molecule has 1 aromatic carbocycles. The number of anilines is 1. The van der Waals surface area contributed by atoms with E-state index in [-0.39, 0.29) is 6.61 Å². The quantitative estimate of drug-likeness (QED) is 0.670. The maximum atomic E-state index is 12.2. The van der Waals surface area contributed by atoms with Crippen LogP contribution >= 0.6 is 11.3 Å². The van der Waals surface area contributed by atoms with Gasteiger partial charge in [0.05, 0.1) is 10.2 Å². The van der Waals surface area contributed by atoms with Crippen LogP contribution in [-0.2, 0) is 0 Å². The van der Waals surface area contributed by atoms with Crippen molar-refractivity contribution in [2.24, 2.45) is 0 Å². The fraction of sp³-hybridized carbons (Fsp3) is 0.222. The Labute approximate surface area is 144 Å². The second-order valence-electron chi connectivity index (χ2n) is 5.40. The van der Waals surface area contributed by atoms with E-state index in [9.17, 15) is 4.39 Å². The van der Waals surface area contributed by atoms with Gasteiger partial charge >= 0.3 is 0 Å². The molecule has 0 unspecified atom stereocenters. The second-order valence-corrected chi connectivity index (χ2v) is 6.46. The average molecular weight is 343 g/mol. The number of thiazole rings is 1. The third kappa shape index (κ3) is 3.89. The first-order valence-electron chi connectivity index (χ1n) is 7.56. The first-order chi connectivity index (χ1) is 11.7. The molecule has 124 valence electrons. The first-order valence-corrected chi connectivity index (χ1v) is 8.38. The summed E-state index contributed by atoms with van der Waals surface area (Å²) in [5, 5.41) is 0.907. The minimum absolute atomic E-state index is 0.0678. The van der Waals surface area contributed by atoms with Gasteiger partial charge in [0.1, 0.15) is 29.9 Å². The van der Waals surface area contributed by atoms with Crippen molar-refractivity contribution in [3.05, 3.63) is 47.1 Å². The Morgan fingerprint density at radius 3 is 2.79 bits per heavy atom. The maximum absolute atomic E-state index is 12.2. The van der Waals surface area contributed by atoms with Gasteiger partial charge in [0.25, 0.3) is 0 Å². The highest BCUT2D eigenvalue weighted by Gasteiger charge is 2.04. The first kappa shape index (κ1) is 16.4. The summed E-state index contributed by atoms with van der Waals surface area (Å²) in [6, 6.07) is 9.63. The molecule has 0 atom stereocenters. The Hall–Kier alpha value is -2.47. The van der Waals surface area contributed by atoms with Crippen molar-refractivity contribution >= 4 is 39.5 Å². The highest BCUT2D eigenvalue weighted by Crippen LogP contribution is 2.27. The summed E-state index contributed by atoms with van der Waals surface area (Å²) in [5.41, 5.74) is 1.88. The number of hydrogen-bond donors (Lipinski definition) is 0. The van der Waals surface area contributed by atoms with E-state index in [0.717, 1.165) is 26.6 Å². The molecule has 4 nitrogen and oxygen atoms in total. The van der Waals surface area contributed by atoms with Crippen LogP contribution in [0.4, 0.5) is 10.2 Å². The Bertz CT molecular complexity index is 843. The summed E-state index contributed by atoms with van der Waals surface area (Å²) in [6.45, 7) is -0.428. The third-order valence-electron chi connectivity index (χ3n) is 3.37. The van der Waals surface area contributed by atoms with E-state index in [1.807, 2.05) is 67.7 Å². The minimum atomic E-state index is -0.496. The van der Waals surface area contributed by atoms with Crippen LogP contribution in [0.1, 0.15) is 10.6 Å². The summed E-state index contributed by atoms with van der Waals surface area (Å²) in [5.74, 6) is 1.57. The van der Waals surface area contributed by atoms with Crippen LogP contribution in [0.2, 0.25) is 0 Å². The summed E-state index contributed by atoms with van der Waals surface area (Å²) < 4.78 is 18.5. The van der Waals surface area contributed by atoms with Crippen molar-refractivity contribution in [2.75, 3.05) is 32.3 Å². The molecule has 2 heterocycles. The molecule has 0 saturated carbocycles. The molecule has 0 bridgehead atoms. The van der Waals surface area contributed by atoms with Crippen molar-refractivity contribution in [3.63, 3.8) is 0 Å². The van der Waals surface area contributed by atoms with Crippen LogP contribution in [0.5, 0.6) is 5.75 Å². The van der Waals surface area contributed by atoms with Gasteiger partial charge in [-0.2, -0.15) is 0 Å². The molecule has 2 aromatic heterocycles. The highest BCUT2D eigenvalue weighted by atomic mass is 32.1. The molecule has 0 aliphatic heterocycles. The lowest BCUT2D eigenvalue weighted by Crippen LogP contribution is -2.09. The molecule has 3 rings (SSSR count). The van der Waals surface area contributed by atoms with Crippen molar-refractivity contribution < 1.29 is 9.13 Å². The van der Waals surface area contributed by atoms with Crippen LogP contribution in [0, 0.1) is 0 Å². The largest absolute Gasteiger partial charge is 0.491 e. The molecule has 0 amide bonds. The summed E-state index contributed by atoms with van der Waals surface area (Å²) in [6.07, 6.45) is 5.80. The number of ether oxygens (including phenoxy) is 1. The molecule has 0 radical (unpaired) electrons. The van der Waals surface area contributed by atoms with E-state index < -0.39 is 6.67 Å². The van der Waals surface area contributed by atoms with Gasteiger partial charge in [-0.05, 0) is 35.9 Å². The Morgan fingerprint density at radius 1 is 1.21 bits per heavy atom. The number of alkyl halides is 1. The lowest BCUT2D eigenvalue weighted by atomic mass is 10.2. The van der Waals surface area contributed by atoms with E-state index in [1.165, 1.54) is 0 Å². The number of benzene rings is 1. The predicted octanol–water partition coefficient (Wildman–Crippen LogP) is 4.28. The topological polar surface area (TPSA) is 38.2 Å². The highest BCUT2D eigenvalue weighted by molar-refractivity contribution is 7.19. The smallest absolute Gasteiger partial charge is 0.127 e. The van der Waals surface area contributed by atoms with Crippen molar-refractivity contribution in [1.29, 1.82) is 0 Å². The van der Waals surface area contributed by atoms with Gasteiger partial charge in [0.2, 0.25) is 0 Å². The zero-order valence-electron chi connectivity index (χ0n) is 13.6. The Kier molecular flexibility index (Phi) is 5.05. The molecule has 0 aliphatic carbocycles. The van der Waals surface area contributed by atoms with Crippen LogP contribution in [0.15, 0.2) is 36.5 Å². The van der Waals surface area contributed by atoms with Crippen LogP contribution in [-0.4, -0.2) is 37.3 Å². The SMILES string of the molecule is CN(C)c1ccc(/C=C/c2nc3cc(OCCF)ccc3s2)cn1. The molecule has 3 aromatic rings. The van der Waals surface area contributed by atoms with Gasteiger partial charge in [-0.25, -0.2) is 14.4 Å². The van der Waals surface area contributed by atoms with E-state index in [0.29, 0.717) is 5.75 Å². The lowest BCUT2D eigenvalue weighted by Gasteiger charge is -2.10. The zero-order valence-corrected chi connectivity index (χ0v) is 14.4. The van der Waals surface area contributed by atoms with E-state index in [1.54, 1.807) is 11.3 Å². The molecule has 0 spiro atoms. The van der Waals surface area contributed by atoms with Crippen molar-refractivity contribution in [2.45, 2.75) is 0 Å². The Morgan fingerprint density at radius 2 is 2.08 bits per heavy atom. The van der Waals surface area contributed by atoms with Gasteiger partial charge in [-0.15, -0.1) is 11.3 Å². The van der Waals surface area contributed by atoms with Gasteiger partial charge in [0, 0.05) is 26.4 Å². The van der Waals surface area contributed by atoms with E-state index >= 15 is 0 Å². The van der Waals surface area contributed by atoms with Crippen molar-refractivity contribution in [1.82, 2.24) is 9.97 Å². The standard InChI is InChI=1S/C18H18FN3OS/c1-22(2)17-7-3-13(12-20-17)4-8-18-21-15-11-14(23-10-9-19)5-6-16(15)24-18/h3-8,11-12H,9-10H2,1-2H3/b8-4+. The number of rotatable bonds is 6. The molecular weight excluding hydrogens is 325 g/mol. The Balaban J connectivity index is 1.76. The molecule has 0 saturated heterocycles. The number of fused-ring (bicyclic) bond motifs is 1. The summed E-state index contributed by atoms with van der Waals surface area (Å²) in [7, 11) is 3.93. The van der Waals surface area contributed by atoms with Gasteiger partial charge < -0.3 is 9.64 Å². The van der Waals surface area contributed by atoms with Gasteiger partial charge in [-0.1, -0.05) is 6.08 Å². The molecule has 6 heteroatoms. The fourth-order valence-corrected chi connectivity index (χ4v) is 3.02. The molecular formula is C18H18FN3OS. The van der Waals surface area contributed by atoms with Gasteiger partial charge in [-0.3, -0.25) is 0 Å². The number of nitrogens with zero attached hydrogens (tertiary/aromatic N) is 3. The van der Waals surface area contributed by atoms with Crippen LogP contribution in [0.3, 0.4) is 0 Å². The summed E-state index contributed by atoms with van der Waals surface area (Å²) >= 11 is 1.60. The zero-order chi connectivity index (χ0) is 16.9. The van der Waals surface area contributed by atoms with Crippen LogP contribution < -0.4 is 9.64 Å². The second kappa shape index (κ2) is 7.40. The minimum Gasteiger partial charge on any atom is -0.491 e. The molecule has 0 fully saturated rings. The third-order valence-corrected chi connectivity index (χ3v) is 4.37. The van der Waals surface area contributed by atoms with Crippen molar-refractivity contribution in [3.8, 4) is 5.75 Å². The van der Waals surface area contributed by atoms with Gasteiger partial charge in [0.15, 0.2) is 0 Å². The number of hydrogen-bond acceptors (Lipinski definition) is 5. The normalized spacial score (nSPS) is 11.3. The number of halogens is 1. The van der Waals surface area contributed by atoms with E-state index in [4.69, 9.17) is 4.74 Å². The summed E-state index contributed by atoms with van der Waals surface area (Å²) in [4.78, 5) is 10.9. The monoisotopic (exact) mass is 343 g/mol. The predicted molar refractivity (Wildman–Crippen MR) is 98.6 cm³/mol. The molecule has 0 aliphatic rings. The maximum Gasteiger partial charge on any atom is 0.127 e. The number of pyridine rings is 1. The van der Waals surface area contributed by atoms with Crippen LogP contribution in [0.25, 0.3) is 22.4 Å². The fourth-order valence-electron chi connectivity index (χ4n) is 2.17. The average Bonchev–Trinajstić information content (AvgIpc) is 3.00. The molecule has 24 heavy (non-hydrogen) atoms. The molecule has 0 N–H and O–H groups in total. The van der Waals surface area contributed by atoms with E-state index in [2.05, 4.69) is 9.97 Å².